The molecule has 0 saturated carbocycles. The number of furan rings is 1. The molecule has 8 nitrogen and oxygen atoms in total. The number of hydrogen-bond donors (Lipinski definition) is 3. The number of hydrogen-bond acceptors (Lipinski definition) is 7. The molecule has 0 unspecified atom stereocenters. The van der Waals surface area contributed by atoms with Crippen LogP contribution in [0.4, 0.5) is 17.4 Å². The van der Waals surface area contributed by atoms with E-state index in [4.69, 9.17) is 9.15 Å². The zero-order valence-electron chi connectivity index (χ0n) is 14.7. The van der Waals surface area contributed by atoms with Crippen LogP contribution in [-0.2, 0) is 0 Å². The van der Waals surface area contributed by atoms with E-state index < -0.39 is 11.7 Å². The van der Waals surface area contributed by atoms with Gasteiger partial charge in [-0.05, 0) is 30.3 Å². The lowest BCUT2D eigenvalue weighted by molar-refractivity contribution is 0.0695. The minimum absolute atomic E-state index is 0.000879. The Morgan fingerprint density at radius 2 is 2.14 bits per heavy atom. The lowest BCUT2D eigenvalue weighted by atomic mass is 10.1. The molecule has 0 radical (unpaired) electrons. The molecule has 0 fully saturated rings. The molecule has 0 bridgehead atoms. The zero-order valence-corrected chi connectivity index (χ0v) is 14.7. The van der Waals surface area contributed by atoms with Gasteiger partial charge in [-0.1, -0.05) is 6.07 Å². The van der Waals surface area contributed by atoms with Crippen LogP contribution in [0.2, 0.25) is 0 Å². The van der Waals surface area contributed by atoms with Gasteiger partial charge in [0.15, 0.2) is 22.9 Å². The topological polar surface area (TPSA) is 117 Å². The standard InChI is InChI=1S/C20H15N3O5/c1-27-13-5-2-4-12(9-13)23-19-16(20(25)26)17(24)15(28-19)8-11-10-22-18-14(11)6-3-7-21-18/h2-10,23-24H,1H3,(H,25,26). The van der Waals surface area contributed by atoms with E-state index in [9.17, 15) is 15.0 Å². The second-order valence-corrected chi connectivity index (χ2v) is 5.91. The highest BCUT2D eigenvalue weighted by molar-refractivity contribution is 6.21. The number of anilines is 2. The van der Waals surface area contributed by atoms with Crippen molar-refractivity contribution in [1.29, 1.82) is 0 Å². The van der Waals surface area contributed by atoms with Crippen molar-refractivity contribution in [2.24, 2.45) is 4.99 Å². The summed E-state index contributed by atoms with van der Waals surface area (Å²) < 4.78 is 10.8. The Balaban J connectivity index is 1.74. The average molecular weight is 377 g/mol. The molecule has 1 aliphatic heterocycles. The maximum atomic E-state index is 11.7. The van der Waals surface area contributed by atoms with Crippen LogP contribution >= 0.6 is 0 Å². The lowest BCUT2D eigenvalue weighted by Crippen LogP contribution is -2.00. The Kier molecular flexibility index (Phi) is 4.29. The number of nitrogens with one attached hydrogen (secondary N) is 1. The van der Waals surface area contributed by atoms with Crippen LogP contribution in [0.5, 0.6) is 11.5 Å². The molecular formula is C20H15N3O5. The summed E-state index contributed by atoms with van der Waals surface area (Å²) in [6, 6.07) is 10.5. The number of carboxylic acids is 1. The molecule has 3 aromatic rings. The van der Waals surface area contributed by atoms with Crippen LogP contribution in [0, 0.1) is 0 Å². The number of rotatable bonds is 5. The monoisotopic (exact) mass is 377 g/mol. The van der Waals surface area contributed by atoms with Gasteiger partial charge in [0.1, 0.15) is 5.75 Å². The highest BCUT2D eigenvalue weighted by atomic mass is 16.5. The van der Waals surface area contributed by atoms with E-state index in [2.05, 4.69) is 15.3 Å². The minimum Gasteiger partial charge on any atom is -0.504 e. The lowest BCUT2D eigenvalue weighted by Gasteiger charge is -2.06. The van der Waals surface area contributed by atoms with Gasteiger partial charge in [-0.15, -0.1) is 0 Å². The largest absolute Gasteiger partial charge is 0.504 e. The fraction of sp³-hybridized carbons (Fsp3) is 0.0500. The van der Waals surface area contributed by atoms with Gasteiger partial charge in [-0.25, -0.2) is 14.8 Å². The van der Waals surface area contributed by atoms with Crippen molar-refractivity contribution in [1.82, 2.24) is 4.98 Å². The molecular weight excluding hydrogens is 362 g/mol. The SMILES string of the molecule is COc1cccc(Nc2oc(C=C3C=Nc4ncccc43)c(O)c2C(=O)O)c1. The second-order valence-electron chi connectivity index (χ2n) is 5.91. The van der Waals surface area contributed by atoms with Crippen molar-refractivity contribution in [2.45, 2.75) is 0 Å². The highest BCUT2D eigenvalue weighted by Gasteiger charge is 2.26. The molecule has 2 aromatic heterocycles. The van der Waals surface area contributed by atoms with E-state index in [1.165, 1.54) is 13.2 Å². The fourth-order valence-corrected chi connectivity index (χ4v) is 2.84. The van der Waals surface area contributed by atoms with Crippen LogP contribution in [0.1, 0.15) is 21.7 Å². The van der Waals surface area contributed by atoms with Crippen molar-refractivity contribution in [3.63, 3.8) is 0 Å². The average Bonchev–Trinajstić information content (AvgIpc) is 3.23. The third-order valence-electron chi connectivity index (χ3n) is 4.16. The molecule has 4 rings (SSSR count). The van der Waals surface area contributed by atoms with E-state index in [1.54, 1.807) is 42.7 Å². The first kappa shape index (κ1) is 17.3. The summed E-state index contributed by atoms with van der Waals surface area (Å²) in [4.78, 5) is 20.0. The predicted molar refractivity (Wildman–Crippen MR) is 104 cm³/mol. The Morgan fingerprint density at radius 3 is 2.93 bits per heavy atom. The molecule has 1 aromatic carbocycles. The molecule has 1 aliphatic rings. The maximum Gasteiger partial charge on any atom is 0.345 e. The molecule has 3 N–H and O–H groups in total. The summed E-state index contributed by atoms with van der Waals surface area (Å²) in [5, 5.41) is 22.8. The first-order valence-corrected chi connectivity index (χ1v) is 8.28. The molecule has 28 heavy (non-hydrogen) atoms. The van der Waals surface area contributed by atoms with Gasteiger partial charge in [-0.3, -0.25) is 0 Å². The fourth-order valence-electron chi connectivity index (χ4n) is 2.84. The third-order valence-corrected chi connectivity index (χ3v) is 4.16. The number of aromatic carboxylic acids is 1. The molecule has 0 spiro atoms. The number of allylic oxidation sites excluding steroid dienone is 1. The molecule has 0 saturated heterocycles. The van der Waals surface area contributed by atoms with Crippen LogP contribution < -0.4 is 10.1 Å². The minimum atomic E-state index is -1.32. The summed E-state index contributed by atoms with van der Waals surface area (Å²) >= 11 is 0. The predicted octanol–water partition coefficient (Wildman–Crippen LogP) is 4.09. The highest BCUT2D eigenvalue weighted by Crippen LogP contribution is 2.39. The normalized spacial score (nSPS) is 13.5. The Morgan fingerprint density at radius 1 is 1.29 bits per heavy atom. The molecule has 3 heterocycles. The van der Waals surface area contributed by atoms with E-state index in [0.29, 0.717) is 22.8 Å². The van der Waals surface area contributed by atoms with Gasteiger partial charge in [0, 0.05) is 35.3 Å². The van der Waals surface area contributed by atoms with Gasteiger partial charge in [0.05, 0.1) is 7.11 Å². The number of nitrogens with zero attached hydrogens (tertiary/aromatic N) is 2. The molecule has 0 atom stereocenters. The number of methoxy groups -OCH3 is 1. The Labute approximate surface area is 159 Å². The van der Waals surface area contributed by atoms with Crippen LogP contribution in [0.15, 0.2) is 52.0 Å². The summed E-state index contributed by atoms with van der Waals surface area (Å²) in [6.45, 7) is 0. The van der Waals surface area contributed by atoms with Gasteiger partial charge >= 0.3 is 5.97 Å². The number of aromatic nitrogens is 1. The van der Waals surface area contributed by atoms with Crippen molar-refractivity contribution in [3.05, 3.63) is 59.5 Å². The third kappa shape index (κ3) is 3.07. The number of carbonyl (C=O) groups is 1. The number of aliphatic imine (C=N–C) groups is 1. The number of ether oxygens (including phenoxy) is 1. The van der Waals surface area contributed by atoms with Gasteiger partial charge in [0.25, 0.3) is 0 Å². The number of carboxylic acid groups (broad SMARTS) is 1. The molecule has 8 heteroatoms. The Hall–Kier alpha value is -4.07. The maximum absolute atomic E-state index is 11.7. The van der Waals surface area contributed by atoms with E-state index in [1.807, 2.05) is 6.07 Å². The van der Waals surface area contributed by atoms with E-state index >= 15 is 0 Å². The van der Waals surface area contributed by atoms with Gasteiger partial charge in [0.2, 0.25) is 5.88 Å². The molecule has 0 amide bonds. The van der Waals surface area contributed by atoms with Crippen molar-refractivity contribution in [2.75, 3.05) is 12.4 Å². The van der Waals surface area contributed by atoms with E-state index in [0.717, 1.165) is 5.56 Å². The number of benzene rings is 1. The summed E-state index contributed by atoms with van der Waals surface area (Å²) in [7, 11) is 1.53. The van der Waals surface area contributed by atoms with Crippen molar-refractivity contribution >= 4 is 41.2 Å². The van der Waals surface area contributed by atoms with Crippen molar-refractivity contribution in [3.8, 4) is 11.5 Å². The summed E-state index contributed by atoms with van der Waals surface area (Å²) in [5.41, 5.74) is 1.59. The molecule has 0 aliphatic carbocycles. The summed E-state index contributed by atoms with van der Waals surface area (Å²) in [6.07, 6.45) is 4.73. The zero-order chi connectivity index (χ0) is 19.7. The number of pyridine rings is 1. The van der Waals surface area contributed by atoms with Crippen LogP contribution in [-0.4, -0.2) is 34.5 Å². The van der Waals surface area contributed by atoms with Crippen LogP contribution in [0.25, 0.3) is 11.6 Å². The smallest absolute Gasteiger partial charge is 0.345 e. The van der Waals surface area contributed by atoms with Crippen molar-refractivity contribution < 1.29 is 24.2 Å². The Bertz CT molecular complexity index is 1130. The first-order chi connectivity index (χ1) is 13.6. The van der Waals surface area contributed by atoms with Gasteiger partial charge < -0.3 is 24.7 Å². The quantitative estimate of drug-likeness (QED) is 0.613. The molecule has 140 valence electrons. The van der Waals surface area contributed by atoms with Gasteiger partial charge in [-0.2, -0.15) is 0 Å². The van der Waals surface area contributed by atoms with Crippen LogP contribution in [0.3, 0.4) is 0 Å². The first-order valence-electron chi connectivity index (χ1n) is 8.28. The summed E-state index contributed by atoms with van der Waals surface area (Å²) in [5.74, 6) is -0.749. The van der Waals surface area contributed by atoms with E-state index in [-0.39, 0.29) is 17.2 Å². The number of fused-ring (bicyclic) bond motifs is 1. The second kappa shape index (κ2) is 6.92. The number of aromatic hydroxyl groups is 1.